The highest BCUT2D eigenvalue weighted by atomic mass is 31.0. The molecule has 5 aromatic rings. The molecule has 27 heavy (non-hydrogen) atoms. The van der Waals surface area contributed by atoms with E-state index in [-0.39, 0.29) is 0 Å². The second-order valence-corrected chi connectivity index (χ2v) is 7.51. The van der Waals surface area contributed by atoms with Gasteiger partial charge in [-0.05, 0) is 56.2 Å². The molecule has 4 heteroatoms. The number of fused-ring (bicyclic) bond motifs is 3. The van der Waals surface area contributed by atoms with Gasteiger partial charge in [0, 0.05) is 21.5 Å². The zero-order chi connectivity index (χ0) is 18.4. The molecule has 0 saturated carbocycles. The third-order valence-electron chi connectivity index (χ3n) is 5.72. The first-order valence-corrected chi connectivity index (χ1v) is 9.01. The first-order chi connectivity index (χ1) is 13.2. The van der Waals surface area contributed by atoms with Crippen molar-refractivity contribution in [3.63, 3.8) is 0 Å². The minimum Gasteiger partial charge on any atom is -0.192 e. The molecule has 1 aliphatic rings. The Morgan fingerprint density at radius 1 is 0.556 bits per heavy atom. The summed E-state index contributed by atoms with van der Waals surface area (Å²) in [6.07, 6.45) is 0. The standard InChI is InChI=1S/C23H8N3P/c24-7-10-1-2-14-18-11(8-25)5-16-13-3-4-15(23(18)21(13)16)19-12(9-26)6-17(27)20(10)22(14)19/h1-6H,27H2. The van der Waals surface area contributed by atoms with Crippen molar-refractivity contribution in [2.75, 3.05) is 0 Å². The van der Waals surface area contributed by atoms with Crippen LogP contribution in [0.25, 0.3) is 54.2 Å². The van der Waals surface area contributed by atoms with Gasteiger partial charge in [0.1, 0.15) is 0 Å². The number of nitriles is 3. The fourth-order valence-electron chi connectivity index (χ4n) is 4.65. The van der Waals surface area contributed by atoms with Crippen LogP contribution in [0.5, 0.6) is 0 Å². The molecule has 3 nitrogen and oxygen atoms in total. The van der Waals surface area contributed by atoms with Gasteiger partial charge in [-0.3, -0.25) is 0 Å². The molecule has 1 aliphatic carbocycles. The van der Waals surface area contributed by atoms with Crippen LogP contribution in [-0.4, -0.2) is 0 Å². The number of nitrogens with zero attached hydrogens (tertiary/aromatic N) is 3. The molecule has 0 heterocycles. The average Bonchev–Trinajstić information content (AvgIpc) is 3.42. The van der Waals surface area contributed by atoms with Gasteiger partial charge >= 0.3 is 0 Å². The first-order valence-electron chi connectivity index (χ1n) is 8.44. The number of hydrogen-bond acceptors (Lipinski definition) is 3. The summed E-state index contributed by atoms with van der Waals surface area (Å²) in [6.45, 7) is 0. The van der Waals surface area contributed by atoms with Crippen molar-refractivity contribution in [3.8, 4) is 29.3 Å². The van der Waals surface area contributed by atoms with Crippen molar-refractivity contribution < 1.29 is 0 Å². The topological polar surface area (TPSA) is 71.4 Å². The molecule has 1 unspecified atom stereocenters. The lowest BCUT2D eigenvalue weighted by Gasteiger charge is -2.16. The quantitative estimate of drug-likeness (QED) is 0.222. The Hall–Kier alpha value is -3.70. The van der Waals surface area contributed by atoms with Gasteiger partial charge in [-0.25, -0.2) is 0 Å². The van der Waals surface area contributed by atoms with Crippen LogP contribution in [-0.2, 0) is 0 Å². The van der Waals surface area contributed by atoms with Crippen molar-refractivity contribution in [1.82, 2.24) is 0 Å². The highest BCUT2D eigenvalue weighted by Gasteiger charge is 2.29. The van der Waals surface area contributed by atoms with Gasteiger partial charge < -0.3 is 0 Å². The second-order valence-electron chi connectivity index (χ2n) is 6.89. The van der Waals surface area contributed by atoms with E-state index in [9.17, 15) is 15.8 Å². The smallest absolute Gasteiger partial charge is 0.0998 e. The van der Waals surface area contributed by atoms with E-state index < -0.39 is 0 Å². The van der Waals surface area contributed by atoms with E-state index in [0.717, 1.165) is 48.6 Å². The lowest BCUT2D eigenvalue weighted by atomic mass is 9.86. The predicted octanol–water partition coefficient (Wildman–Crippen LogP) is 4.83. The fraction of sp³-hybridized carbons (Fsp3) is 0. The Kier molecular flexibility index (Phi) is 2.42. The van der Waals surface area contributed by atoms with Crippen molar-refractivity contribution in [2.45, 2.75) is 0 Å². The predicted molar refractivity (Wildman–Crippen MR) is 110 cm³/mol. The van der Waals surface area contributed by atoms with Crippen LogP contribution in [0.3, 0.4) is 0 Å². The Morgan fingerprint density at radius 2 is 1.15 bits per heavy atom. The Bertz CT molecular complexity index is 1660. The normalized spacial score (nSPS) is 11.8. The third-order valence-corrected chi connectivity index (χ3v) is 6.18. The molecule has 0 amide bonds. The zero-order valence-electron chi connectivity index (χ0n) is 13.9. The van der Waals surface area contributed by atoms with Gasteiger partial charge in [-0.15, -0.1) is 9.24 Å². The summed E-state index contributed by atoms with van der Waals surface area (Å²) in [5, 5.41) is 37.8. The van der Waals surface area contributed by atoms with E-state index in [1.165, 1.54) is 10.9 Å². The van der Waals surface area contributed by atoms with Gasteiger partial charge in [-0.2, -0.15) is 15.8 Å². The zero-order valence-corrected chi connectivity index (χ0v) is 15.0. The Balaban J connectivity index is 2.12. The highest BCUT2D eigenvalue weighted by molar-refractivity contribution is 7.28. The minimum absolute atomic E-state index is 0.575. The van der Waals surface area contributed by atoms with Crippen LogP contribution < -0.4 is 5.30 Å². The van der Waals surface area contributed by atoms with E-state index in [1.54, 1.807) is 0 Å². The Morgan fingerprint density at radius 3 is 1.81 bits per heavy atom. The van der Waals surface area contributed by atoms with E-state index in [2.05, 4.69) is 39.6 Å². The molecule has 0 bridgehead atoms. The van der Waals surface area contributed by atoms with Gasteiger partial charge in [0.25, 0.3) is 0 Å². The SMILES string of the molecule is N#Cc1ccc2c3c(C#N)cc4c5c-4ccc(c4c(C#N)cc(P)c1c24)c53. The summed E-state index contributed by atoms with van der Waals surface area (Å²) in [5.41, 5.74) is 4.13. The molecule has 0 saturated heterocycles. The summed E-state index contributed by atoms with van der Waals surface area (Å²) < 4.78 is 0. The Labute approximate surface area is 156 Å². The van der Waals surface area contributed by atoms with Gasteiger partial charge in [0.2, 0.25) is 0 Å². The van der Waals surface area contributed by atoms with Crippen LogP contribution in [0.4, 0.5) is 0 Å². The van der Waals surface area contributed by atoms with Crippen molar-refractivity contribution in [1.29, 1.82) is 15.8 Å². The maximum Gasteiger partial charge on any atom is 0.0998 e. The van der Waals surface area contributed by atoms with Gasteiger partial charge in [-0.1, -0.05) is 18.2 Å². The molecule has 0 spiro atoms. The van der Waals surface area contributed by atoms with Crippen LogP contribution in [0.2, 0.25) is 0 Å². The molecule has 0 aromatic heterocycles. The average molecular weight is 357 g/mol. The third kappa shape index (κ3) is 1.50. The van der Waals surface area contributed by atoms with E-state index in [4.69, 9.17) is 0 Å². The lowest BCUT2D eigenvalue weighted by molar-refractivity contribution is 1.50. The first kappa shape index (κ1) is 14.5. The summed E-state index contributed by atoms with van der Waals surface area (Å²) in [4.78, 5) is 0. The molecule has 1 atom stereocenters. The monoisotopic (exact) mass is 357 g/mol. The lowest BCUT2D eigenvalue weighted by Crippen LogP contribution is -2.01. The molecular weight excluding hydrogens is 349 g/mol. The molecule has 5 aromatic carbocycles. The molecule has 120 valence electrons. The number of hydrogen-bond donors (Lipinski definition) is 0. The van der Waals surface area contributed by atoms with E-state index >= 15 is 0 Å². The maximum atomic E-state index is 9.81. The number of rotatable bonds is 0. The molecule has 6 rings (SSSR count). The van der Waals surface area contributed by atoms with Crippen molar-refractivity contribution >= 4 is 57.6 Å². The van der Waals surface area contributed by atoms with Crippen LogP contribution >= 0.6 is 9.24 Å². The highest BCUT2D eigenvalue weighted by Crippen LogP contribution is 2.54. The van der Waals surface area contributed by atoms with Gasteiger partial charge in [0.15, 0.2) is 0 Å². The minimum atomic E-state index is 0.575. The molecule has 0 aliphatic heterocycles. The second kappa shape index (κ2) is 4.52. The van der Waals surface area contributed by atoms with Crippen molar-refractivity contribution in [3.05, 3.63) is 53.1 Å². The summed E-state index contributed by atoms with van der Waals surface area (Å²) in [5.74, 6) is 0. The van der Waals surface area contributed by atoms with Crippen LogP contribution in [0, 0.1) is 34.0 Å². The molecule has 0 N–H and O–H groups in total. The van der Waals surface area contributed by atoms with Gasteiger partial charge in [0.05, 0.1) is 34.9 Å². The summed E-state index contributed by atoms with van der Waals surface area (Å²) in [7, 11) is 2.66. The molecular formula is C23H8N3P. The number of benzene rings is 5. The van der Waals surface area contributed by atoms with Crippen LogP contribution in [0.15, 0.2) is 36.4 Å². The van der Waals surface area contributed by atoms with Crippen LogP contribution in [0.1, 0.15) is 16.7 Å². The van der Waals surface area contributed by atoms with E-state index in [1.807, 2.05) is 24.3 Å². The fourth-order valence-corrected chi connectivity index (χ4v) is 5.11. The van der Waals surface area contributed by atoms with E-state index in [0.29, 0.717) is 16.7 Å². The molecule has 0 radical (unpaired) electrons. The van der Waals surface area contributed by atoms with Crippen molar-refractivity contribution in [2.24, 2.45) is 0 Å². The summed E-state index contributed by atoms with van der Waals surface area (Å²) >= 11 is 0. The summed E-state index contributed by atoms with van der Waals surface area (Å²) in [6, 6.07) is 18.6. The largest absolute Gasteiger partial charge is 0.192 e. The maximum absolute atomic E-state index is 9.81. The molecule has 0 fully saturated rings.